The first-order chi connectivity index (χ1) is 13.5. The van der Waals surface area contributed by atoms with Crippen LogP contribution in [-0.2, 0) is 9.53 Å². The Kier molecular flexibility index (Phi) is 4.80. The minimum absolute atomic E-state index is 0.0774. The van der Waals surface area contributed by atoms with Gasteiger partial charge < -0.3 is 30.3 Å². The molecule has 0 aromatic carbocycles. The normalized spacial score (nSPS) is 59.2. The van der Waals surface area contributed by atoms with E-state index in [1.807, 2.05) is 0 Å². The molecule has 0 heterocycles. The summed E-state index contributed by atoms with van der Waals surface area (Å²) in [6, 6.07) is 0. The van der Waals surface area contributed by atoms with E-state index in [2.05, 4.69) is 0 Å². The van der Waals surface area contributed by atoms with Gasteiger partial charge in [0.25, 0.3) is 0 Å². The highest BCUT2D eigenvalue weighted by atomic mass is 35.5. The number of ether oxygens (including phenoxy) is 1. The predicted molar refractivity (Wildman–Crippen MR) is 109 cm³/mol. The van der Waals surface area contributed by atoms with Crippen LogP contribution in [0, 0.1) is 28.6 Å². The number of alkyl halides is 1. The smallest absolute Gasteiger partial charge is 0.303 e. The molecule has 0 aromatic rings. The summed E-state index contributed by atoms with van der Waals surface area (Å²) in [5, 5.41) is 56.5. The van der Waals surface area contributed by atoms with Gasteiger partial charge in [0.2, 0.25) is 0 Å². The monoisotopic (exact) mass is 446 g/mol. The second-order valence-corrected chi connectivity index (χ2v) is 11.9. The predicted octanol–water partition coefficient (Wildman–Crippen LogP) is 0.956. The lowest BCUT2D eigenvalue weighted by Gasteiger charge is -2.51. The number of carbonyl (C=O) groups excluding carboxylic acids is 1. The zero-order chi connectivity index (χ0) is 22.7. The molecule has 172 valence electrons. The van der Waals surface area contributed by atoms with Gasteiger partial charge in [-0.1, -0.05) is 13.8 Å². The molecule has 4 fully saturated rings. The quantitative estimate of drug-likeness (QED) is 0.300. The lowest BCUT2D eigenvalue weighted by atomic mass is 9.57. The third-order valence-electron chi connectivity index (χ3n) is 9.48. The molecule has 4 rings (SSSR count). The van der Waals surface area contributed by atoms with Gasteiger partial charge in [-0.05, 0) is 45.4 Å². The Balaban J connectivity index is 1.96. The first-order valence-corrected chi connectivity index (χ1v) is 11.3. The summed E-state index contributed by atoms with van der Waals surface area (Å²) in [7, 11) is 0. The Labute approximate surface area is 182 Å². The van der Waals surface area contributed by atoms with Gasteiger partial charge in [-0.25, -0.2) is 0 Å². The van der Waals surface area contributed by atoms with Crippen molar-refractivity contribution in [2.45, 2.75) is 101 Å². The second kappa shape index (κ2) is 6.33. The number of rotatable bonds is 1. The van der Waals surface area contributed by atoms with Gasteiger partial charge in [0.15, 0.2) is 0 Å². The van der Waals surface area contributed by atoms with E-state index < -0.39 is 69.1 Å². The highest BCUT2D eigenvalue weighted by molar-refractivity contribution is 6.21. The zero-order valence-corrected chi connectivity index (χ0v) is 19.1. The van der Waals surface area contributed by atoms with Crippen molar-refractivity contribution in [3.8, 4) is 0 Å². The number of aliphatic hydroxyl groups excluding tert-OH is 2. The largest absolute Gasteiger partial charge is 0.459 e. The van der Waals surface area contributed by atoms with Crippen LogP contribution in [0.15, 0.2) is 0 Å². The molecule has 4 aliphatic rings. The van der Waals surface area contributed by atoms with Crippen LogP contribution in [0.1, 0.15) is 60.3 Å². The summed E-state index contributed by atoms with van der Waals surface area (Å²) >= 11 is 6.67. The topological polar surface area (TPSA) is 127 Å². The molecule has 0 aliphatic heterocycles. The molecule has 2 bridgehead atoms. The molecular weight excluding hydrogens is 412 g/mol. The van der Waals surface area contributed by atoms with Gasteiger partial charge >= 0.3 is 5.97 Å². The zero-order valence-electron chi connectivity index (χ0n) is 18.3. The maximum absolute atomic E-state index is 12.2. The van der Waals surface area contributed by atoms with Crippen molar-refractivity contribution in [1.82, 2.24) is 0 Å². The molecule has 0 radical (unpaired) electrons. The summed E-state index contributed by atoms with van der Waals surface area (Å²) < 4.78 is 5.66. The average Bonchev–Trinajstić information content (AvgIpc) is 2.77. The summed E-state index contributed by atoms with van der Waals surface area (Å²) in [4.78, 5) is 12.1. The van der Waals surface area contributed by atoms with Gasteiger partial charge in [-0.15, -0.1) is 11.6 Å². The molecule has 0 aromatic heterocycles. The van der Waals surface area contributed by atoms with E-state index >= 15 is 0 Å². The molecule has 11 atom stereocenters. The van der Waals surface area contributed by atoms with Gasteiger partial charge in [0.05, 0.1) is 28.8 Å². The standard InChI is InChI=1S/C22H35ClO7/c1-10(24)30-13-8-21-9-19(4,27)11(16(21)25)6-7-12(21)20(5,28)15-14(23)17(26)18(2,3)22(13,15)29/h11-17,25-29H,6-9H2,1-5H3. The number of esters is 1. The molecule has 4 saturated carbocycles. The molecule has 7 nitrogen and oxygen atoms in total. The maximum atomic E-state index is 12.2. The van der Waals surface area contributed by atoms with Gasteiger partial charge in [0.1, 0.15) is 11.7 Å². The van der Waals surface area contributed by atoms with Crippen molar-refractivity contribution in [2.24, 2.45) is 28.6 Å². The number of carbonyl (C=O) groups is 1. The van der Waals surface area contributed by atoms with E-state index in [1.165, 1.54) is 6.92 Å². The summed E-state index contributed by atoms with van der Waals surface area (Å²) in [6.07, 6.45) is -1.80. The lowest BCUT2D eigenvalue weighted by molar-refractivity contribution is -0.213. The molecule has 5 N–H and O–H groups in total. The van der Waals surface area contributed by atoms with Crippen LogP contribution >= 0.6 is 11.6 Å². The van der Waals surface area contributed by atoms with Crippen molar-refractivity contribution in [3.05, 3.63) is 0 Å². The van der Waals surface area contributed by atoms with Crippen LogP contribution in [-0.4, -0.2) is 72.0 Å². The van der Waals surface area contributed by atoms with Gasteiger partial charge in [0, 0.05) is 29.6 Å². The molecule has 8 heteroatoms. The fourth-order valence-corrected chi connectivity index (χ4v) is 8.94. The van der Waals surface area contributed by atoms with Crippen molar-refractivity contribution in [2.75, 3.05) is 0 Å². The molecule has 30 heavy (non-hydrogen) atoms. The molecule has 11 unspecified atom stereocenters. The molecule has 0 amide bonds. The fourth-order valence-electron chi connectivity index (χ4n) is 8.18. The number of hydrogen-bond donors (Lipinski definition) is 5. The fraction of sp³-hybridized carbons (Fsp3) is 0.955. The van der Waals surface area contributed by atoms with E-state index in [0.717, 1.165) is 0 Å². The van der Waals surface area contributed by atoms with Crippen LogP contribution in [0.25, 0.3) is 0 Å². The summed E-state index contributed by atoms with van der Waals surface area (Å²) in [5.74, 6) is -2.46. The minimum atomic E-state index is -1.83. The number of halogens is 1. The van der Waals surface area contributed by atoms with E-state index in [1.54, 1.807) is 27.7 Å². The first kappa shape index (κ1) is 22.7. The highest BCUT2D eigenvalue weighted by Crippen LogP contribution is 2.70. The number of fused-ring (bicyclic) bond motifs is 2. The third-order valence-corrected chi connectivity index (χ3v) is 9.97. The van der Waals surface area contributed by atoms with Gasteiger partial charge in [-0.2, -0.15) is 0 Å². The molecule has 1 spiro atoms. The van der Waals surface area contributed by atoms with E-state index in [-0.39, 0.29) is 18.8 Å². The van der Waals surface area contributed by atoms with Crippen LogP contribution < -0.4 is 0 Å². The lowest BCUT2D eigenvalue weighted by Crippen LogP contribution is -2.62. The molecular formula is C22H35ClO7. The Morgan fingerprint density at radius 1 is 1.03 bits per heavy atom. The summed E-state index contributed by atoms with van der Waals surface area (Å²) in [6.45, 7) is 7.88. The van der Waals surface area contributed by atoms with Gasteiger partial charge in [-0.3, -0.25) is 4.79 Å². The maximum Gasteiger partial charge on any atom is 0.303 e. The highest BCUT2D eigenvalue weighted by Gasteiger charge is 2.79. The number of aliphatic hydroxyl groups is 5. The Bertz CT molecular complexity index is 752. The SMILES string of the molecule is CC(=O)OC1CC23CC(C)(O)C(CCC2C(C)(O)C2C(Cl)C(O)C(C)(C)C12O)C3O. The molecule has 4 aliphatic carbocycles. The second-order valence-electron chi connectivity index (χ2n) is 11.4. The first-order valence-electron chi connectivity index (χ1n) is 10.9. The van der Waals surface area contributed by atoms with Crippen LogP contribution in [0.2, 0.25) is 0 Å². The van der Waals surface area contributed by atoms with E-state index in [9.17, 15) is 30.3 Å². The molecule has 0 saturated heterocycles. The minimum Gasteiger partial charge on any atom is -0.459 e. The summed E-state index contributed by atoms with van der Waals surface area (Å²) in [5.41, 5.74) is -6.68. The van der Waals surface area contributed by atoms with E-state index in [0.29, 0.717) is 12.8 Å². The Morgan fingerprint density at radius 2 is 1.63 bits per heavy atom. The van der Waals surface area contributed by atoms with Crippen molar-refractivity contribution < 1.29 is 35.1 Å². The van der Waals surface area contributed by atoms with Crippen LogP contribution in [0.4, 0.5) is 0 Å². The Morgan fingerprint density at radius 3 is 2.20 bits per heavy atom. The van der Waals surface area contributed by atoms with Crippen molar-refractivity contribution in [1.29, 1.82) is 0 Å². The third kappa shape index (κ3) is 2.48. The number of hydrogen-bond acceptors (Lipinski definition) is 7. The van der Waals surface area contributed by atoms with E-state index in [4.69, 9.17) is 16.3 Å². The van der Waals surface area contributed by atoms with Crippen LogP contribution in [0.3, 0.4) is 0 Å². The van der Waals surface area contributed by atoms with Crippen LogP contribution in [0.5, 0.6) is 0 Å². The average molecular weight is 447 g/mol. The van der Waals surface area contributed by atoms with Crippen molar-refractivity contribution in [3.63, 3.8) is 0 Å². The van der Waals surface area contributed by atoms with Crippen molar-refractivity contribution >= 4 is 17.6 Å². The Hall–Kier alpha value is -0.440.